The first-order valence-electron chi connectivity index (χ1n) is 9.45. The Bertz CT molecular complexity index is 564. The molecule has 0 radical (unpaired) electrons. The second-order valence-corrected chi connectivity index (χ2v) is 7.94. The van der Waals surface area contributed by atoms with Crippen molar-refractivity contribution in [2.24, 2.45) is 4.99 Å². The summed E-state index contributed by atoms with van der Waals surface area (Å²) in [5.74, 6) is 0.938. The predicted molar refractivity (Wildman–Crippen MR) is 124 cm³/mol. The van der Waals surface area contributed by atoms with E-state index in [0.717, 1.165) is 64.4 Å². The number of hydrogen-bond donors (Lipinski definition) is 2. The van der Waals surface area contributed by atoms with E-state index < -0.39 is 0 Å². The number of rotatable bonds is 8. The second kappa shape index (κ2) is 12.7. The summed E-state index contributed by atoms with van der Waals surface area (Å²) in [6.45, 7) is 15.3. The van der Waals surface area contributed by atoms with Crippen molar-refractivity contribution in [3.8, 4) is 0 Å². The number of aryl methyl sites for hydroxylation is 1. The Labute approximate surface area is 179 Å². The van der Waals surface area contributed by atoms with E-state index in [1.807, 2.05) is 6.20 Å². The first-order chi connectivity index (χ1) is 12.1. The van der Waals surface area contributed by atoms with Gasteiger partial charge in [0.25, 0.3) is 0 Å². The largest absolute Gasteiger partial charge is 0.357 e. The summed E-state index contributed by atoms with van der Waals surface area (Å²) in [6, 6.07) is 0.505. The maximum absolute atomic E-state index is 4.74. The average molecular weight is 491 g/mol. The molecule has 7 heteroatoms. The van der Waals surface area contributed by atoms with Gasteiger partial charge in [0.2, 0.25) is 0 Å². The van der Waals surface area contributed by atoms with Crippen molar-refractivity contribution in [3.05, 3.63) is 28.2 Å². The zero-order valence-corrected chi connectivity index (χ0v) is 19.5. The highest BCUT2D eigenvalue weighted by Gasteiger charge is 2.19. The summed E-state index contributed by atoms with van der Waals surface area (Å²) in [5, 5.41) is 8.16. The van der Waals surface area contributed by atoms with Gasteiger partial charge in [0.05, 0.1) is 5.01 Å². The van der Waals surface area contributed by atoms with Gasteiger partial charge in [-0.05, 0) is 33.1 Å². The lowest BCUT2D eigenvalue weighted by molar-refractivity contribution is 0.221. The van der Waals surface area contributed by atoms with Crippen LogP contribution in [0, 0.1) is 0 Å². The molecular weight excluding hydrogens is 457 g/mol. The van der Waals surface area contributed by atoms with Crippen LogP contribution in [0.5, 0.6) is 0 Å². The van der Waals surface area contributed by atoms with Crippen LogP contribution < -0.4 is 10.6 Å². The van der Waals surface area contributed by atoms with E-state index in [1.54, 1.807) is 11.3 Å². The van der Waals surface area contributed by atoms with Crippen LogP contribution in [0.4, 0.5) is 0 Å². The SMILES string of the molecule is C=C(C)CN1CCC(NC(=NCCc2ncc(CC)s2)NCC)CC1.I. The first-order valence-corrected chi connectivity index (χ1v) is 10.3. The van der Waals surface area contributed by atoms with E-state index in [9.17, 15) is 0 Å². The van der Waals surface area contributed by atoms with Gasteiger partial charge in [-0.2, -0.15) is 0 Å². The summed E-state index contributed by atoms with van der Waals surface area (Å²) < 4.78 is 0. The normalized spacial score (nSPS) is 16.2. The van der Waals surface area contributed by atoms with Crippen LogP contribution in [0.15, 0.2) is 23.3 Å². The molecule has 0 spiro atoms. The van der Waals surface area contributed by atoms with E-state index in [2.05, 4.69) is 47.9 Å². The van der Waals surface area contributed by atoms with Gasteiger partial charge < -0.3 is 10.6 Å². The molecule has 148 valence electrons. The third-order valence-corrected chi connectivity index (χ3v) is 5.51. The molecule has 1 aromatic heterocycles. The third-order valence-electron chi connectivity index (χ3n) is 4.31. The highest BCUT2D eigenvalue weighted by molar-refractivity contribution is 14.0. The number of thiazole rings is 1. The van der Waals surface area contributed by atoms with Crippen LogP contribution >= 0.6 is 35.3 Å². The Morgan fingerprint density at radius 3 is 2.69 bits per heavy atom. The van der Waals surface area contributed by atoms with Crippen LogP contribution in [0.1, 0.15) is 43.5 Å². The van der Waals surface area contributed by atoms with Crippen LogP contribution in [-0.4, -0.2) is 54.6 Å². The molecule has 0 bridgehead atoms. The highest BCUT2D eigenvalue weighted by Crippen LogP contribution is 2.14. The summed E-state index contributed by atoms with van der Waals surface area (Å²) in [4.78, 5) is 13.0. The molecule has 0 aliphatic carbocycles. The average Bonchev–Trinajstić information content (AvgIpc) is 3.04. The summed E-state index contributed by atoms with van der Waals surface area (Å²) in [7, 11) is 0. The van der Waals surface area contributed by atoms with E-state index in [1.165, 1.54) is 15.5 Å². The molecule has 0 aromatic carbocycles. The molecule has 2 N–H and O–H groups in total. The molecule has 1 aliphatic rings. The van der Waals surface area contributed by atoms with Crippen molar-refractivity contribution in [3.63, 3.8) is 0 Å². The number of piperidine rings is 1. The van der Waals surface area contributed by atoms with Gasteiger partial charge >= 0.3 is 0 Å². The minimum absolute atomic E-state index is 0. The molecule has 26 heavy (non-hydrogen) atoms. The standard InChI is InChI=1S/C19H33N5S.HI/c1-5-17-13-22-18(25-17)7-10-21-19(20-6-2)23-16-8-11-24(12-9-16)14-15(3)4;/h13,16H,3,5-12,14H2,1-2,4H3,(H2,20,21,23);1H. The Morgan fingerprint density at radius 2 is 2.12 bits per heavy atom. The molecular formula is C19H34IN5S. The molecule has 1 aromatic rings. The zero-order valence-electron chi connectivity index (χ0n) is 16.4. The van der Waals surface area contributed by atoms with Gasteiger partial charge in [0.15, 0.2) is 5.96 Å². The van der Waals surface area contributed by atoms with Crippen molar-refractivity contribution in [2.45, 2.75) is 52.5 Å². The zero-order chi connectivity index (χ0) is 18.1. The van der Waals surface area contributed by atoms with Crippen molar-refractivity contribution in [1.29, 1.82) is 0 Å². The lowest BCUT2D eigenvalue weighted by Gasteiger charge is -2.33. The predicted octanol–water partition coefficient (Wildman–Crippen LogP) is 3.46. The highest BCUT2D eigenvalue weighted by atomic mass is 127. The van der Waals surface area contributed by atoms with Gasteiger partial charge in [-0.1, -0.05) is 19.1 Å². The minimum atomic E-state index is 0. The monoisotopic (exact) mass is 491 g/mol. The molecule has 1 aliphatic heterocycles. The molecule has 1 fully saturated rings. The first kappa shape index (κ1) is 23.4. The molecule has 5 nitrogen and oxygen atoms in total. The molecule has 2 heterocycles. The molecule has 0 unspecified atom stereocenters. The fourth-order valence-electron chi connectivity index (χ4n) is 3.02. The number of hydrogen-bond acceptors (Lipinski definition) is 4. The second-order valence-electron chi connectivity index (χ2n) is 6.74. The van der Waals surface area contributed by atoms with Crippen molar-refractivity contribution < 1.29 is 0 Å². The fourth-order valence-corrected chi connectivity index (χ4v) is 3.87. The van der Waals surface area contributed by atoms with Crippen LogP contribution in [-0.2, 0) is 12.8 Å². The molecule has 0 saturated carbocycles. The Hall–Kier alpha value is -0.670. The quantitative estimate of drug-likeness (QED) is 0.253. The van der Waals surface area contributed by atoms with E-state index in [0.29, 0.717) is 6.04 Å². The fraction of sp³-hybridized carbons (Fsp3) is 0.684. The van der Waals surface area contributed by atoms with Gasteiger partial charge in [-0.25, -0.2) is 4.98 Å². The number of nitrogens with zero attached hydrogens (tertiary/aromatic N) is 3. The number of likely N-dealkylation sites (tertiary alicyclic amines) is 1. The Morgan fingerprint density at radius 1 is 1.38 bits per heavy atom. The number of aromatic nitrogens is 1. The molecule has 0 atom stereocenters. The van der Waals surface area contributed by atoms with Crippen molar-refractivity contribution in [1.82, 2.24) is 20.5 Å². The van der Waals surface area contributed by atoms with Gasteiger partial charge in [0, 0.05) is 56.3 Å². The lowest BCUT2D eigenvalue weighted by Crippen LogP contribution is -2.48. The van der Waals surface area contributed by atoms with E-state index in [-0.39, 0.29) is 24.0 Å². The number of aliphatic imine (C=N–C) groups is 1. The van der Waals surface area contributed by atoms with Crippen LogP contribution in [0.2, 0.25) is 0 Å². The van der Waals surface area contributed by atoms with Crippen molar-refractivity contribution in [2.75, 3.05) is 32.7 Å². The Balaban J connectivity index is 0.00000338. The van der Waals surface area contributed by atoms with E-state index in [4.69, 9.17) is 4.99 Å². The maximum Gasteiger partial charge on any atom is 0.191 e. The number of halogens is 1. The smallest absolute Gasteiger partial charge is 0.191 e. The van der Waals surface area contributed by atoms with Gasteiger partial charge in [-0.3, -0.25) is 9.89 Å². The molecule has 0 amide bonds. The van der Waals surface area contributed by atoms with Crippen molar-refractivity contribution >= 4 is 41.3 Å². The third kappa shape index (κ3) is 8.35. The van der Waals surface area contributed by atoms with E-state index >= 15 is 0 Å². The lowest BCUT2D eigenvalue weighted by atomic mass is 10.0. The number of nitrogens with one attached hydrogen (secondary N) is 2. The minimum Gasteiger partial charge on any atom is -0.357 e. The molecule has 1 saturated heterocycles. The van der Waals surface area contributed by atoms with Gasteiger partial charge in [-0.15, -0.1) is 35.3 Å². The van der Waals surface area contributed by atoms with Crippen LogP contribution in [0.25, 0.3) is 0 Å². The van der Waals surface area contributed by atoms with Crippen LogP contribution in [0.3, 0.4) is 0 Å². The summed E-state index contributed by atoms with van der Waals surface area (Å²) in [5.41, 5.74) is 1.25. The Kier molecular flexibility index (Phi) is 11.4. The maximum atomic E-state index is 4.74. The number of guanidine groups is 1. The van der Waals surface area contributed by atoms with Gasteiger partial charge in [0.1, 0.15) is 0 Å². The molecule has 2 rings (SSSR count). The summed E-state index contributed by atoms with van der Waals surface area (Å²) >= 11 is 1.80. The topological polar surface area (TPSA) is 52.5 Å². The summed E-state index contributed by atoms with van der Waals surface area (Å²) in [6.07, 6.45) is 6.29.